The molecule has 18 heavy (non-hydrogen) atoms. The zero-order valence-corrected chi connectivity index (χ0v) is 11.6. The van der Waals surface area contributed by atoms with Crippen molar-refractivity contribution in [1.29, 1.82) is 0 Å². The van der Waals surface area contributed by atoms with Crippen LogP contribution in [-0.4, -0.2) is 46.5 Å². The molecule has 6 nitrogen and oxygen atoms in total. The lowest BCUT2D eigenvalue weighted by molar-refractivity contribution is 0.0615. The Morgan fingerprint density at radius 2 is 2.00 bits per heavy atom. The van der Waals surface area contributed by atoms with E-state index >= 15 is 0 Å². The van der Waals surface area contributed by atoms with Gasteiger partial charge in [0.25, 0.3) is 0 Å². The van der Waals surface area contributed by atoms with E-state index in [2.05, 4.69) is 39.2 Å². The largest absolute Gasteiger partial charge is 0.371 e. The van der Waals surface area contributed by atoms with Gasteiger partial charge < -0.3 is 15.0 Å². The molecule has 2 N–H and O–H groups in total. The van der Waals surface area contributed by atoms with Crippen LogP contribution in [0.1, 0.15) is 33.5 Å². The third-order valence-corrected chi connectivity index (χ3v) is 2.91. The van der Waals surface area contributed by atoms with Gasteiger partial charge in [0, 0.05) is 25.2 Å². The van der Waals surface area contributed by atoms with Gasteiger partial charge in [-0.3, -0.25) is 5.10 Å². The summed E-state index contributed by atoms with van der Waals surface area (Å²) in [6, 6.07) is 0.922. The zero-order valence-electron chi connectivity index (χ0n) is 11.6. The maximum Gasteiger partial charge on any atom is 0.244 e. The minimum Gasteiger partial charge on any atom is -0.371 e. The minimum atomic E-state index is 0.206. The fourth-order valence-corrected chi connectivity index (χ4v) is 2.23. The SMILES string of the molecule is CC1CN(c2n[nH]c(COC(C)C)n2)CC(C)N1. The molecule has 1 aliphatic heterocycles. The van der Waals surface area contributed by atoms with Crippen molar-refractivity contribution in [2.24, 2.45) is 0 Å². The number of hydrogen-bond donors (Lipinski definition) is 2. The van der Waals surface area contributed by atoms with E-state index in [4.69, 9.17) is 4.74 Å². The van der Waals surface area contributed by atoms with Crippen molar-refractivity contribution in [1.82, 2.24) is 20.5 Å². The molecule has 1 aromatic heterocycles. The Labute approximate surface area is 108 Å². The molecule has 1 saturated heterocycles. The monoisotopic (exact) mass is 253 g/mol. The molecule has 2 unspecified atom stereocenters. The summed E-state index contributed by atoms with van der Waals surface area (Å²) in [5, 5.41) is 10.7. The van der Waals surface area contributed by atoms with Gasteiger partial charge >= 0.3 is 0 Å². The molecule has 2 heterocycles. The number of H-pyrrole nitrogens is 1. The Hall–Kier alpha value is -1.14. The number of aromatic nitrogens is 3. The molecule has 2 rings (SSSR count). The zero-order chi connectivity index (χ0) is 13.1. The summed E-state index contributed by atoms with van der Waals surface area (Å²) in [5.74, 6) is 1.56. The van der Waals surface area contributed by atoms with E-state index in [1.165, 1.54) is 0 Å². The van der Waals surface area contributed by atoms with E-state index in [1.54, 1.807) is 0 Å². The summed E-state index contributed by atoms with van der Waals surface area (Å²) in [6.07, 6.45) is 0.206. The first-order valence-corrected chi connectivity index (χ1v) is 6.58. The average molecular weight is 253 g/mol. The molecule has 1 aromatic rings. The number of piperazine rings is 1. The molecule has 6 heteroatoms. The predicted octanol–water partition coefficient (Wildman–Crippen LogP) is 0.916. The maximum absolute atomic E-state index is 5.51. The van der Waals surface area contributed by atoms with Crippen molar-refractivity contribution in [3.8, 4) is 0 Å². The molecule has 0 bridgehead atoms. The fourth-order valence-electron chi connectivity index (χ4n) is 2.23. The topological polar surface area (TPSA) is 66.1 Å². The van der Waals surface area contributed by atoms with Gasteiger partial charge in [0.15, 0.2) is 5.82 Å². The van der Waals surface area contributed by atoms with E-state index in [1.807, 2.05) is 13.8 Å². The van der Waals surface area contributed by atoms with Crippen molar-refractivity contribution in [2.45, 2.75) is 52.5 Å². The van der Waals surface area contributed by atoms with Gasteiger partial charge in [-0.15, -0.1) is 5.10 Å². The lowest BCUT2D eigenvalue weighted by Crippen LogP contribution is -2.54. The highest BCUT2D eigenvalue weighted by Gasteiger charge is 2.23. The number of aromatic amines is 1. The van der Waals surface area contributed by atoms with Gasteiger partial charge in [-0.05, 0) is 27.7 Å². The summed E-state index contributed by atoms with van der Waals surface area (Å²) >= 11 is 0. The van der Waals surface area contributed by atoms with Crippen molar-refractivity contribution < 1.29 is 4.74 Å². The maximum atomic E-state index is 5.51. The number of anilines is 1. The minimum absolute atomic E-state index is 0.206. The van der Waals surface area contributed by atoms with Crippen LogP contribution in [0.15, 0.2) is 0 Å². The molecular weight excluding hydrogens is 230 g/mol. The number of nitrogens with zero attached hydrogens (tertiary/aromatic N) is 3. The van der Waals surface area contributed by atoms with Crippen LogP contribution in [0.5, 0.6) is 0 Å². The first kappa shape index (κ1) is 13.3. The van der Waals surface area contributed by atoms with Crippen LogP contribution in [0, 0.1) is 0 Å². The lowest BCUT2D eigenvalue weighted by Gasteiger charge is -2.35. The van der Waals surface area contributed by atoms with Gasteiger partial charge in [0.05, 0.1) is 6.10 Å². The standard InChI is InChI=1S/C12H23N5O/c1-8(2)18-7-11-14-12(16-15-11)17-5-9(3)13-10(4)6-17/h8-10,13H,5-7H2,1-4H3,(H,14,15,16). The molecule has 2 atom stereocenters. The van der Waals surface area contributed by atoms with Crippen molar-refractivity contribution >= 4 is 5.95 Å². The average Bonchev–Trinajstić information content (AvgIpc) is 2.73. The van der Waals surface area contributed by atoms with E-state index in [-0.39, 0.29) is 6.10 Å². The van der Waals surface area contributed by atoms with Crippen LogP contribution in [-0.2, 0) is 11.3 Å². The van der Waals surface area contributed by atoms with Crippen molar-refractivity contribution in [3.05, 3.63) is 5.82 Å². The second kappa shape index (κ2) is 5.67. The van der Waals surface area contributed by atoms with Crippen LogP contribution in [0.3, 0.4) is 0 Å². The third kappa shape index (κ3) is 3.43. The highest BCUT2D eigenvalue weighted by molar-refractivity contribution is 5.30. The second-order valence-electron chi connectivity index (χ2n) is 5.32. The van der Waals surface area contributed by atoms with Gasteiger partial charge in [-0.2, -0.15) is 4.98 Å². The molecule has 0 saturated carbocycles. The molecule has 102 valence electrons. The molecule has 1 aliphatic rings. The third-order valence-electron chi connectivity index (χ3n) is 2.91. The second-order valence-corrected chi connectivity index (χ2v) is 5.32. The summed E-state index contributed by atoms with van der Waals surface area (Å²) in [5.41, 5.74) is 0. The molecule has 0 aromatic carbocycles. The summed E-state index contributed by atoms with van der Waals surface area (Å²) < 4.78 is 5.51. The molecule has 0 aliphatic carbocycles. The normalized spacial score (nSPS) is 24.8. The molecule has 0 radical (unpaired) electrons. The molecular formula is C12H23N5O. The van der Waals surface area contributed by atoms with Crippen LogP contribution in [0.4, 0.5) is 5.95 Å². The quantitative estimate of drug-likeness (QED) is 0.835. The number of ether oxygens (including phenoxy) is 1. The Bertz CT molecular complexity index is 368. The Balaban J connectivity index is 1.96. The molecule has 0 spiro atoms. The summed E-state index contributed by atoms with van der Waals surface area (Å²) in [7, 11) is 0. The Morgan fingerprint density at radius 3 is 2.61 bits per heavy atom. The number of rotatable bonds is 4. The smallest absolute Gasteiger partial charge is 0.244 e. The lowest BCUT2D eigenvalue weighted by atomic mass is 10.1. The van der Waals surface area contributed by atoms with Crippen LogP contribution >= 0.6 is 0 Å². The molecule has 1 fully saturated rings. The fraction of sp³-hybridized carbons (Fsp3) is 0.833. The van der Waals surface area contributed by atoms with E-state index in [0.717, 1.165) is 24.9 Å². The predicted molar refractivity (Wildman–Crippen MR) is 70.6 cm³/mol. The van der Waals surface area contributed by atoms with Crippen molar-refractivity contribution in [3.63, 3.8) is 0 Å². The van der Waals surface area contributed by atoms with Crippen LogP contribution < -0.4 is 10.2 Å². The highest BCUT2D eigenvalue weighted by atomic mass is 16.5. The van der Waals surface area contributed by atoms with Gasteiger partial charge in [-0.25, -0.2) is 0 Å². The Morgan fingerprint density at radius 1 is 1.33 bits per heavy atom. The van der Waals surface area contributed by atoms with E-state index in [9.17, 15) is 0 Å². The summed E-state index contributed by atoms with van der Waals surface area (Å²) in [6.45, 7) is 10.7. The first-order valence-electron chi connectivity index (χ1n) is 6.58. The van der Waals surface area contributed by atoms with Crippen molar-refractivity contribution in [2.75, 3.05) is 18.0 Å². The van der Waals surface area contributed by atoms with E-state index in [0.29, 0.717) is 18.7 Å². The van der Waals surface area contributed by atoms with Crippen LogP contribution in [0.2, 0.25) is 0 Å². The van der Waals surface area contributed by atoms with Crippen LogP contribution in [0.25, 0.3) is 0 Å². The highest BCUT2D eigenvalue weighted by Crippen LogP contribution is 2.13. The van der Waals surface area contributed by atoms with Gasteiger partial charge in [-0.1, -0.05) is 0 Å². The van der Waals surface area contributed by atoms with Gasteiger partial charge in [0.1, 0.15) is 6.61 Å². The van der Waals surface area contributed by atoms with Gasteiger partial charge in [0.2, 0.25) is 5.95 Å². The van der Waals surface area contributed by atoms with E-state index < -0.39 is 0 Å². The number of hydrogen-bond acceptors (Lipinski definition) is 5. The first-order chi connectivity index (χ1) is 8.54. The Kier molecular flexibility index (Phi) is 4.19. The summed E-state index contributed by atoms with van der Waals surface area (Å²) in [4.78, 5) is 6.69. The molecule has 0 amide bonds. The number of nitrogens with one attached hydrogen (secondary N) is 2.